The summed E-state index contributed by atoms with van der Waals surface area (Å²) in [7, 11) is 1.70. The van der Waals surface area contributed by atoms with E-state index in [-0.39, 0.29) is 11.5 Å². The molecule has 0 aliphatic heterocycles. The minimum atomic E-state index is -0.0826. The van der Waals surface area contributed by atoms with Gasteiger partial charge in [-0.2, -0.15) is 0 Å². The number of aromatic nitrogens is 2. The number of benzene rings is 2. The molecule has 1 N–H and O–H groups in total. The summed E-state index contributed by atoms with van der Waals surface area (Å²) < 4.78 is 1.53. The van der Waals surface area contributed by atoms with Crippen molar-refractivity contribution >= 4 is 16.8 Å². The number of amides is 1. The molecule has 6 nitrogen and oxygen atoms in total. The molecule has 30 heavy (non-hydrogen) atoms. The quantitative estimate of drug-likeness (QED) is 0.593. The lowest BCUT2D eigenvalue weighted by Crippen LogP contribution is -2.26. The van der Waals surface area contributed by atoms with Crippen molar-refractivity contribution < 1.29 is 4.79 Å². The molecule has 0 atom stereocenters. The molecule has 0 saturated carbocycles. The van der Waals surface area contributed by atoms with Crippen LogP contribution >= 0.6 is 0 Å². The van der Waals surface area contributed by atoms with Crippen molar-refractivity contribution in [3.8, 4) is 0 Å². The molecule has 1 heterocycles. The smallest absolute Gasteiger partial charge is 0.261 e. The van der Waals surface area contributed by atoms with Crippen molar-refractivity contribution in [2.24, 2.45) is 7.05 Å². The molecule has 0 bridgehead atoms. The van der Waals surface area contributed by atoms with E-state index in [0.29, 0.717) is 36.1 Å². The van der Waals surface area contributed by atoms with Crippen LogP contribution in [0.2, 0.25) is 0 Å². The highest BCUT2D eigenvalue weighted by Crippen LogP contribution is 2.09. The normalized spacial score (nSPS) is 11.2. The maximum atomic E-state index is 12.5. The Balaban J connectivity index is 1.54. The summed E-state index contributed by atoms with van der Waals surface area (Å²) in [5.41, 5.74) is 2.93. The van der Waals surface area contributed by atoms with Gasteiger partial charge in [-0.3, -0.25) is 19.1 Å². The molecular formula is C24H30N4O2. The maximum absolute atomic E-state index is 12.5. The third kappa shape index (κ3) is 5.33. The highest BCUT2D eigenvalue weighted by molar-refractivity contribution is 5.78. The van der Waals surface area contributed by atoms with Crippen LogP contribution in [0.1, 0.15) is 37.2 Å². The van der Waals surface area contributed by atoms with Gasteiger partial charge in [-0.15, -0.1) is 0 Å². The van der Waals surface area contributed by atoms with E-state index in [0.717, 1.165) is 25.2 Å². The highest BCUT2D eigenvalue weighted by Gasteiger charge is 2.10. The molecule has 158 valence electrons. The molecule has 1 aromatic heterocycles. The van der Waals surface area contributed by atoms with E-state index in [9.17, 15) is 9.59 Å². The van der Waals surface area contributed by atoms with Gasteiger partial charge in [-0.25, -0.2) is 4.98 Å². The highest BCUT2D eigenvalue weighted by atomic mass is 16.1. The number of aryl methyl sites for hydroxylation is 1. The average Bonchev–Trinajstić information content (AvgIpc) is 2.78. The SMILES string of the molecule is CCN(CC)Cc1ccc(CNC(=O)CCc2nc3ccccc3c(=O)n2C)cc1. The maximum Gasteiger partial charge on any atom is 0.261 e. The second kappa shape index (κ2) is 10.2. The first-order valence-electron chi connectivity index (χ1n) is 10.5. The van der Waals surface area contributed by atoms with Crippen LogP contribution in [0.4, 0.5) is 0 Å². The Bertz CT molecular complexity index is 1050. The number of nitrogens with zero attached hydrogens (tertiary/aromatic N) is 3. The molecule has 0 aliphatic rings. The van der Waals surface area contributed by atoms with Gasteiger partial charge < -0.3 is 5.32 Å². The molecule has 0 aliphatic carbocycles. The van der Waals surface area contributed by atoms with Crippen LogP contribution in [-0.4, -0.2) is 33.4 Å². The van der Waals surface area contributed by atoms with E-state index >= 15 is 0 Å². The lowest BCUT2D eigenvalue weighted by atomic mass is 10.1. The number of hydrogen-bond donors (Lipinski definition) is 1. The molecule has 0 radical (unpaired) electrons. The zero-order chi connectivity index (χ0) is 21.5. The fourth-order valence-electron chi connectivity index (χ4n) is 3.47. The van der Waals surface area contributed by atoms with E-state index in [2.05, 4.69) is 53.3 Å². The lowest BCUT2D eigenvalue weighted by molar-refractivity contribution is -0.121. The fourth-order valence-corrected chi connectivity index (χ4v) is 3.47. The minimum Gasteiger partial charge on any atom is -0.352 e. The van der Waals surface area contributed by atoms with Gasteiger partial charge in [0.15, 0.2) is 0 Å². The van der Waals surface area contributed by atoms with Crippen LogP contribution in [-0.2, 0) is 31.4 Å². The Labute approximate surface area is 177 Å². The molecule has 3 rings (SSSR count). The Morgan fingerprint density at radius 1 is 1.03 bits per heavy atom. The second-order valence-electron chi connectivity index (χ2n) is 7.46. The van der Waals surface area contributed by atoms with Gasteiger partial charge in [0.25, 0.3) is 5.56 Å². The molecule has 2 aromatic carbocycles. The number of carbonyl (C=O) groups excluding carboxylic acids is 1. The van der Waals surface area contributed by atoms with Crippen molar-refractivity contribution in [1.82, 2.24) is 19.8 Å². The molecule has 0 fully saturated rings. The largest absolute Gasteiger partial charge is 0.352 e. The van der Waals surface area contributed by atoms with Gasteiger partial charge in [0.1, 0.15) is 5.82 Å². The summed E-state index contributed by atoms with van der Waals surface area (Å²) in [4.78, 5) is 31.7. The van der Waals surface area contributed by atoms with Gasteiger partial charge in [0, 0.05) is 33.0 Å². The van der Waals surface area contributed by atoms with Crippen molar-refractivity contribution in [1.29, 1.82) is 0 Å². The number of carbonyl (C=O) groups is 1. The van der Waals surface area contributed by atoms with Crippen LogP contribution < -0.4 is 10.9 Å². The van der Waals surface area contributed by atoms with Crippen LogP contribution in [0.15, 0.2) is 53.3 Å². The predicted molar refractivity (Wildman–Crippen MR) is 120 cm³/mol. The van der Waals surface area contributed by atoms with Crippen molar-refractivity contribution in [3.63, 3.8) is 0 Å². The zero-order valence-corrected chi connectivity index (χ0v) is 18.0. The monoisotopic (exact) mass is 406 g/mol. The second-order valence-corrected chi connectivity index (χ2v) is 7.46. The number of para-hydroxylation sites is 1. The average molecular weight is 407 g/mol. The van der Waals surface area contributed by atoms with Crippen LogP contribution in [0, 0.1) is 0 Å². The first-order chi connectivity index (χ1) is 14.5. The van der Waals surface area contributed by atoms with Gasteiger partial charge in [-0.1, -0.05) is 50.2 Å². The number of fused-ring (bicyclic) bond motifs is 1. The molecule has 0 spiro atoms. The third-order valence-electron chi connectivity index (χ3n) is 5.46. The van der Waals surface area contributed by atoms with Crippen molar-refractivity contribution in [2.75, 3.05) is 13.1 Å². The summed E-state index contributed by atoms with van der Waals surface area (Å²) >= 11 is 0. The van der Waals surface area contributed by atoms with Crippen molar-refractivity contribution in [2.45, 2.75) is 39.8 Å². The summed E-state index contributed by atoms with van der Waals surface area (Å²) in [5.74, 6) is 0.569. The standard InChI is InChI=1S/C24H30N4O2/c1-4-28(5-2)17-19-12-10-18(11-13-19)16-25-23(29)15-14-22-26-21-9-7-6-8-20(21)24(30)27(22)3/h6-13H,4-5,14-17H2,1-3H3,(H,25,29). The molecule has 1 amide bonds. The number of hydrogen-bond acceptors (Lipinski definition) is 4. The Morgan fingerprint density at radius 2 is 1.70 bits per heavy atom. The van der Waals surface area contributed by atoms with E-state index in [1.165, 1.54) is 10.1 Å². The summed E-state index contributed by atoms with van der Waals surface area (Å²) in [6.45, 7) is 7.83. The number of nitrogens with one attached hydrogen (secondary N) is 1. The summed E-state index contributed by atoms with van der Waals surface area (Å²) in [6, 6.07) is 15.6. The van der Waals surface area contributed by atoms with Gasteiger partial charge in [0.05, 0.1) is 10.9 Å². The van der Waals surface area contributed by atoms with Crippen LogP contribution in [0.5, 0.6) is 0 Å². The Kier molecular flexibility index (Phi) is 7.36. The predicted octanol–water partition coefficient (Wildman–Crippen LogP) is 3.02. The van der Waals surface area contributed by atoms with E-state index < -0.39 is 0 Å². The minimum absolute atomic E-state index is 0.0513. The number of rotatable bonds is 9. The van der Waals surface area contributed by atoms with Crippen LogP contribution in [0.3, 0.4) is 0 Å². The fraction of sp³-hybridized carbons (Fsp3) is 0.375. The first kappa shape index (κ1) is 21.7. The summed E-state index contributed by atoms with van der Waals surface area (Å²) in [5, 5.41) is 3.55. The van der Waals surface area contributed by atoms with Crippen LogP contribution in [0.25, 0.3) is 10.9 Å². The van der Waals surface area contributed by atoms with Gasteiger partial charge in [-0.05, 0) is 36.3 Å². The van der Waals surface area contributed by atoms with Gasteiger partial charge in [0.2, 0.25) is 5.91 Å². The molecular weight excluding hydrogens is 376 g/mol. The van der Waals surface area contributed by atoms with E-state index in [4.69, 9.17) is 0 Å². The summed E-state index contributed by atoms with van der Waals surface area (Å²) in [6.07, 6.45) is 0.712. The topological polar surface area (TPSA) is 67.2 Å². The molecule has 0 unspecified atom stereocenters. The third-order valence-corrected chi connectivity index (χ3v) is 5.46. The molecule has 0 saturated heterocycles. The van der Waals surface area contributed by atoms with Crippen molar-refractivity contribution in [3.05, 3.63) is 75.8 Å². The molecule has 3 aromatic rings. The zero-order valence-electron chi connectivity index (χ0n) is 18.0. The van der Waals surface area contributed by atoms with Gasteiger partial charge >= 0.3 is 0 Å². The molecule has 6 heteroatoms. The lowest BCUT2D eigenvalue weighted by Gasteiger charge is -2.18. The van der Waals surface area contributed by atoms with E-state index in [1.807, 2.05) is 18.2 Å². The first-order valence-corrected chi connectivity index (χ1v) is 10.5. The Morgan fingerprint density at radius 3 is 2.40 bits per heavy atom. The van der Waals surface area contributed by atoms with E-state index in [1.54, 1.807) is 13.1 Å². The Hall–Kier alpha value is -2.99.